The molecule has 0 saturated carbocycles. The van der Waals surface area contributed by atoms with E-state index in [0.29, 0.717) is 23.4 Å². The summed E-state index contributed by atoms with van der Waals surface area (Å²) in [6.45, 7) is 1.60. The van der Waals surface area contributed by atoms with E-state index >= 15 is 0 Å². The van der Waals surface area contributed by atoms with Crippen LogP contribution >= 0.6 is 0 Å². The number of carbonyl (C=O) groups is 3. The average molecular weight is 351 g/mol. The predicted molar refractivity (Wildman–Crippen MR) is 93.5 cm³/mol. The number of Topliss-reactive ketones (excluding diaryl/α,β-unsaturated/α-hetero) is 1. The molecule has 132 valence electrons. The molecule has 6 nitrogen and oxygen atoms in total. The van der Waals surface area contributed by atoms with E-state index in [0.717, 1.165) is 16.7 Å². The highest BCUT2D eigenvalue weighted by Gasteiger charge is 2.33. The van der Waals surface area contributed by atoms with Gasteiger partial charge in [0.15, 0.2) is 19.0 Å². The molecule has 6 heteroatoms. The predicted octanol–water partition coefficient (Wildman–Crippen LogP) is 2.39. The monoisotopic (exact) mass is 351 g/mol. The second-order valence-corrected chi connectivity index (χ2v) is 6.54. The van der Waals surface area contributed by atoms with E-state index in [9.17, 15) is 14.4 Å². The van der Waals surface area contributed by atoms with Crippen molar-refractivity contribution in [1.82, 2.24) is 0 Å². The molecular weight excluding hydrogens is 334 g/mol. The van der Waals surface area contributed by atoms with Crippen LogP contribution < -0.4 is 10.1 Å². The second kappa shape index (κ2) is 6.29. The van der Waals surface area contributed by atoms with Crippen LogP contribution in [0.25, 0.3) is 0 Å². The normalized spacial score (nSPS) is 17.1. The number of benzene rings is 2. The molecule has 1 amide bonds. The summed E-state index contributed by atoms with van der Waals surface area (Å²) in [5.41, 5.74) is 4.02. The van der Waals surface area contributed by atoms with E-state index in [1.807, 2.05) is 25.1 Å². The molecule has 1 unspecified atom stereocenters. The molecule has 2 aromatic rings. The van der Waals surface area contributed by atoms with Gasteiger partial charge in [-0.15, -0.1) is 0 Å². The molecule has 0 aromatic heterocycles. The van der Waals surface area contributed by atoms with E-state index in [1.165, 1.54) is 6.07 Å². The minimum Gasteiger partial charge on any atom is -0.482 e. The number of aryl methyl sites for hydroxylation is 1. The summed E-state index contributed by atoms with van der Waals surface area (Å²) in [5.74, 6) is -0.767. The Kier molecular flexibility index (Phi) is 3.95. The van der Waals surface area contributed by atoms with E-state index in [2.05, 4.69) is 5.32 Å². The van der Waals surface area contributed by atoms with Crippen LogP contribution in [0.1, 0.15) is 33.0 Å². The van der Waals surface area contributed by atoms with Crippen molar-refractivity contribution in [3.63, 3.8) is 0 Å². The summed E-state index contributed by atoms with van der Waals surface area (Å²) in [5, 5.41) is 2.65. The van der Waals surface area contributed by atoms with Gasteiger partial charge in [0.25, 0.3) is 5.91 Å². The number of rotatable bonds is 4. The van der Waals surface area contributed by atoms with E-state index in [-0.39, 0.29) is 36.8 Å². The van der Waals surface area contributed by atoms with Crippen molar-refractivity contribution < 1.29 is 23.9 Å². The fourth-order valence-electron chi connectivity index (χ4n) is 3.21. The molecule has 26 heavy (non-hydrogen) atoms. The summed E-state index contributed by atoms with van der Waals surface area (Å²) in [4.78, 5) is 35.9. The Labute approximate surface area is 150 Å². The summed E-state index contributed by atoms with van der Waals surface area (Å²) >= 11 is 0. The number of carbonyl (C=O) groups excluding carboxylic acids is 3. The fourth-order valence-corrected chi connectivity index (χ4v) is 3.21. The lowest BCUT2D eigenvalue weighted by molar-refractivity contribution is -0.145. The highest BCUT2D eigenvalue weighted by Crippen LogP contribution is 2.36. The van der Waals surface area contributed by atoms with Crippen molar-refractivity contribution in [2.75, 3.05) is 18.5 Å². The van der Waals surface area contributed by atoms with E-state index < -0.39 is 0 Å². The van der Waals surface area contributed by atoms with Gasteiger partial charge in [-0.3, -0.25) is 14.4 Å². The van der Waals surface area contributed by atoms with Gasteiger partial charge in [-0.25, -0.2) is 0 Å². The van der Waals surface area contributed by atoms with Crippen molar-refractivity contribution in [2.45, 2.75) is 19.3 Å². The van der Waals surface area contributed by atoms with Crippen LogP contribution in [-0.2, 0) is 20.7 Å². The van der Waals surface area contributed by atoms with Gasteiger partial charge < -0.3 is 14.8 Å². The van der Waals surface area contributed by atoms with Crippen molar-refractivity contribution >= 4 is 23.3 Å². The average Bonchev–Trinajstić information content (AvgIpc) is 2.61. The number of amides is 1. The molecule has 1 aliphatic carbocycles. The molecule has 0 saturated heterocycles. The molecule has 1 aliphatic heterocycles. The zero-order valence-corrected chi connectivity index (χ0v) is 14.2. The van der Waals surface area contributed by atoms with Crippen LogP contribution in [0.15, 0.2) is 36.4 Å². The molecule has 2 aliphatic rings. The fraction of sp³-hybridized carbons (Fsp3) is 0.250. The third-order valence-corrected chi connectivity index (χ3v) is 4.67. The lowest BCUT2D eigenvalue weighted by Crippen LogP contribution is -2.29. The highest BCUT2D eigenvalue weighted by molar-refractivity contribution is 6.02. The molecule has 2 aromatic carbocycles. The summed E-state index contributed by atoms with van der Waals surface area (Å²) in [6, 6.07) is 10.8. The first-order valence-corrected chi connectivity index (χ1v) is 8.37. The highest BCUT2D eigenvalue weighted by atomic mass is 16.5. The van der Waals surface area contributed by atoms with Gasteiger partial charge in [-0.1, -0.05) is 23.8 Å². The van der Waals surface area contributed by atoms with Gasteiger partial charge in [-0.2, -0.15) is 0 Å². The van der Waals surface area contributed by atoms with Crippen LogP contribution in [0.4, 0.5) is 5.69 Å². The van der Waals surface area contributed by atoms with Crippen LogP contribution in [0, 0.1) is 6.92 Å². The second-order valence-electron chi connectivity index (χ2n) is 6.54. The van der Waals surface area contributed by atoms with Crippen LogP contribution in [0.5, 0.6) is 5.75 Å². The molecule has 0 radical (unpaired) electrons. The van der Waals surface area contributed by atoms with Crippen LogP contribution in [0.2, 0.25) is 0 Å². The number of nitrogens with one attached hydrogen (secondary N) is 1. The van der Waals surface area contributed by atoms with E-state index in [1.54, 1.807) is 12.1 Å². The molecule has 0 spiro atoms. The van der Waals surface area contributed by atoms with Gasteiger partial charge in [0.05, 0.1) is 11.6 Å². The number of ether oxygens (including phenoxy) is 2. The zero-order chi connectivity index (χ0) is 18.3. The van der Waals surface area contributed by atoms with Gasteiger partial charge >= 0.3 is 5.97 Å². The van der Waals surface area contributed by atoms with Crippen molar-refractivity contribution in [3.8, 4) is 5.75 Å². The maximum absolute atomic E-state index is 12.3. The Morgan fingerprint density at radius 3 is 2.92 bits per heavy atom. The summed E-state index contributed by atoms with van der Waals surface area (Å²) in [6.07, 6.45) is 0.644. The first-order valence-electron chi connectivity index (χ1n) is 8.37. The first-order chi connectivity index (χ1) is 12.5. The Morgan fingerprint density at radius 2 is 2.08 bits per heavy atom. The lowest BCUT2D eigenvalue weighted by atomic mass is 9.77. The zero-order valence-electron chi connectivity index (χ0n) is 14.2. The number of hydrogen-bond acceptors (Lipinski definition) is 5. The standard InChI is InChI=1S/C20H17NO5/c1-11-2-3-12-7-15(14(12)6-11)20(24)26-9-17(22)13-4-5-18-16(8-13)21-19(23)10-25-18/h2-6,8,15H,7,9-10H2,1H3,(H,21,23). The van der Waals surface area contributed by atoms with Gasteiger partial charge in [0.2, 0.25) is 0 Å². The topological polar surface area (TPSA) is 81.7 Å². The molecule has 4 rings (SSSR count). The quantitative estimate of drug-likeness (QED) is 0.676. The van der Waals surface area contributed by atoms with Gasteiger partial charge in [0.1, 0.15) is 5.75 Å². The minimum atomic E-state index is -0.383. The number of ketones is 1. The number of anilines is 1. The number of fused-ring (bicyclic) bond motifs is 2. The smallest absolute Gasteiger partial charge is 0.314 e. The van der Waals surface area contributed by atoms with Gasteiger partial charge in [0, 0.05) is 5.56 Å². The summed E-state index contributed by atoms with van der Waals surface area (Å²) < 4.78 is 10.5. The minimum absolute atomic E-state index is 0.0414. The number of esters is 1. The molecule has 1 N–H and O–H groups in total. The molecule has 0 fully saturated rings. The largest absolute Gasteiger partial charge is 0.482 e. The third kappa shape index (κ3) is 2.94. The van der Waals surface area contributed by atoms with Crippen molar-refractivity contribution in [2.24, 2.45) is 0 Å². The Bertz CT molecular complexity index is 934. The first kappa shape index (κ1) is 16.3. The third-order valence-electron chi connectivity index (χ3n) is 4.67. The summed E-state index contributed by atoms with van der Waals surface area (Å²) in [7, 11) is 0. The molecule has 0 bridgehead atoms. The Hall–Kier alpha value is -3.15. The molecule has 1 heterocycles. The van der Waals surface area contributed by atoms with Gasteiger partial charge in [-0.05, 0) is 42.7 Å². The van der Waals surface area contributed by atoms with E-state index in [4.69, 9.17) is 9.47 Å². The van der Waals surface area contributed by atoms with Crippen LogP contribution in [0.3, 0.4) is 0 Å². The SMILES string of the molecule is Cc1ccc2c(c1)C(C(=O)OCC(=O)c1ccc3c(c1)NC(=O)CO3)C2. The van der Waals surface area contributed by atoms with Crippen LogP contribution in [-0.4, -0.2) is 30.9 Å². The Morgan fingerprint density at radius 1 is 1.23 bits per heavy atom. The van der Waals surface area contributed by atoms with Crippen molar-refractivity contribution in [3.05, 3.63) is 58.7 Å². The number of hydrogen-bond donors (Lipinski definition) is 1. The Balaban J connectivity index is 1.39. The van der Waals surface area contributed by atoms with Crippen molar-refractivity contribution in [1.29, 1.82) is 0 Å². The maximum atomic E-state index is 12.3. The maximum Gasteiger partial charge on any atom is 0.314 e. The molecule has 1 atom stereocenters. The lowest BCUT2D eigenvalue weighted by Gasteiger charge is -2.28. The molecular formula is C20H17NO5.